The van der Waals surface area contributed by atoms with Gasteiger partial charge in [0, 0.05) is 28.2 Å². The molecule has 0 saturated carbocycles. The molecule has 0 amide bonds. The van der Waals surface area contributed by atoms with E-state index in [1.165, 1.54) is 23.9 Å². The summed E-state index contributed by atoms with van der Waals surface area (Å²) < 4.78 is 18.6. The van der Waals surface area contributed by atoms with Gasteiger partial charge in [-0.2, -0.15) is 0 Å². The third-order valence-corrected chi connectivity index (χ3v) is 4.93. The molecule has 130 valence electrons. The predicted molar refractivity (Wildman–Crippen MR) is 97.6 cm³/mol. The van der Waals surface area contributed by atoms with Crippen LogP contribution in [-0.4, -0.2) is 26.2 Å². The maximum absolute atomic E-state index is 13.0. The Kier molecular flexibility index (Phi) is 4.30. The van der Waals surface area contributed by atoms with Gasteiger partial charge in [0.25, 0.3) is 5.22 Å². The summed E-state index contributed by atoms with van der Waals surface area (Å²) in [7, 11) is 0. The van der Waals surface area contributed by atoms with Crippen molar-refractivity contribution in [1.82, 2.24) is 15.2 Å². The van der Waals surface area contributed by atoms with Gasteiger partial charge in [0.2, 0.25) is 5.89 Å². The highest BCUT2D eigenvalue weighted by Gasteiger charge is 2.22. The van der Waals surface area contributed by atoms with Crippen molar-refractivity contribution in [2.24, 2.45) is 0 Å². The lowest BCUT2D eigenvalue weighted by molar-refractivity contribution is 0.0995. The zero-order chi connectivity index (χ0) is 18.1. The molecule has 4 aromatic rings. The Bertz CT molecular complexity index is 1070. The second kappa shape index (κ2) is 6.76. The Balaban J connectivity index is 1.52. The lowest BCUT2D eigenvalue weighted by Gasteiger charge is -2.06. The summed E-state index contributed by atoms with van der Waals surface area (Å²) in [5.74, 6) is -0.0611. The molecular weight excluding hydrogens is 353 g/mol. The largest absolute Gasteiger partial charge is 0.411 e. The average molecular weight is 367 g/mol. The van der Waals surface area contributed by atoms with E-state index in [0.29, 0.717) is 22.2 Å². The monoisotopic (exact) mass is 367 g/mol. The van der Waals surface area contributed by atoms with Crippen molar-refractivity contribution in [2.75, 3.05) is 0 Å². The molecule has 0 aliphatic carbocycles. The quantitative estimate of drug-likeness (QED) is 0.408. The summed E-state index contributed by atoms with van der Waals surface area (Å²) in [6, 6.07) is 13.5. The number of aromatic nitrogens is 3. The zero-order valence-electron chi connectivity index (χ0n) is 13.8. The summed E-state index contributed by atoms with van der Waals surface area (Å²) in [6.45, 7) is 1.80. The number of H-pyrrole nitrogens is 1. The Morgan fingerprint density at radius 3 is 2.73 bits per heavy atom. The van der Waals surface area contributed by atoms with Crippen LogP contribution in [0, 0.1) is 5.82 Å². The molecule has 1 atom stereocenters. The van der Waals surface area contributed by atoms with E-state index in [1.54, 1.807) is 25.3 Å². The molecule has 0 spiro atoms. The van der Waals surface area contributed by atoms with E-state index < -0.39 is 5.25 Å². The number of carbonyl (C=O) groups excluding carboxylic acids is 1. The number of rotatable bonds is 5. The van der Waals surface area contributed by atoms with E-state index in [2.05, 4.69) is 15.2 Å². The number of thioether (sulfide) groups is 1. The van der Waals surface area contributed by atoms with Gasteiger partial charge in [-0.3, -0.25) is 4.79 Å². The normalized spacial score (nSPS) is 12.4. The number of hydrogen-bond acceptors (Lipinski definition) is 5. The fraction of sp³-hybridized carbons (Fsp3) is 0.105. The topological polar surface area (TPSA) is 71.8 Å². The molecule has 2 heterocycles. The number of para-hydroxylation sites is 1. The molecule has 5 nitrogen and oxygen atoms in total. The first-order chi connectivity index (χ1) is 12.6. The number of hydrogen-bond donors (Lipinski definition) is 1. The van der Waals surface area contributed by atoms with Crippen molar-refractivity contribution in [3.8, 4) is 11.5 Å². The Morgan fingerprint density at radius 2 is 1.92 bits per heavy atom. The molecule has 7 heteroatoms. The van der Waals surface area contributed by atoms with Gasteiger partial charge in [-0.25, -0.2) is 4.39 Å². The number of Topliss-reactive ketones (excluding diaryl/α,β-unsaturated/α-hetero) is 1. The van der Waals surface area contributed by atoms with Gasteiger partial charge < -0.3 is 9.40 Å². The number of benzene rings is 2. The minimum atomic E-state index is -0.393. The van der Waals surface area contributed by atoms with Crippen LogP contribution in [-0.2, 0) is 0 Å². The lowest BCUT2D eigenvalue weighted by atomic mass is 10.1. The third-order valence-electron chi connectivity index (χ3n) is 4.00. The number of nitrogens with one attached hydrogen (secondary N) is 1. The van der Waals surface area contributed by atoms with E-state index >= 15 is 0 Å². The van der Waals surface area contributed by atoms with Crippen LogP contribution in [0.25, 0.3) is 22.4 Å². The van der Waals surface area contributed by atoms with E-state index in [0.717, 1.165) is 10.9 Å². The molecule has 4 rings (SSSR count). The number of halogens is 1. The van der Waals surface area contributed by atoms with Gasteiger partial charge in [-0.1, -0.05) is 30.0 Å². The molecule has 2 aromatic carbocycles. The zero-order valence-corrected chi connectivity index (χ0v) is 14.6. The van der Waals surface area contributed by atoms with E-state index in [9.17, 15) is 9.18 Å². The molecule has 0 fully saturated rings. The molecule has 1 N–H and O–H groups in total. The van der Waals surface area contributed by atoms with Gasteiger partial charge in [0.05, 0.1) is 5.25 Å². The number of ketones is 1. The number of carbonyl (C=O) groups is 1. The van der Waals surface area contributed by atoms with E-state index in [-0.39, 0.29) is 11.6 Å². The van der Waals surface area contributed by atoms with Crippen LogP contribution >= 0.6 is 11.8 Å². The van der Waals surface area contributed by atoms with Crippen LogP contribution in [0.5, 0.6) is 0 Å². The minimum Gasteiger partial charge on any atom is -0.411 e. The Hall–Kier alpha value is -2.93. The average Bonchev–Trinajstić information content (AvgIpc) is 3.29. The molecule has 0 saturated heterocycles. The summed E-state index contributed by atoms with van der Waals surface area (Å²) in [4.78, 5) is 15.9. The standard InChI is InChI=1S/C19H14FN3O2S/c1-11(17(24)15-10-21-16-5-3-2-4-14(15)16)26-19-23-22-18(25-19)12-6-8-13(20)9-7-12/h2-11,21H,1H3. The van der Waals surface area contributed by atoms with Gasteiger partial charge in [0.1, 0.15) is 5.82 Å². The van der Waals surface area contributed by atoms with E-state index in [1.807, 2.05) is 24.3 Å². The molecule has 0 bridgehead atoms. The van der Waals surface area contributed by atoms with Crippen molar-refractivity contribution in [3.05, 3.63) is 66.1 Å². The molecular formula is C19H14FN3O2S. The van der Waals surface area contributed by atoms with Crippen LogP contribution in [0.15, 0.2) is 64.4 Å². The Labute approximate surface area is 152 Å². The summed E-state index contributed by atoms with van der Waals surface area (Å²) in [5.41, 5.74) is 2.18. The van der Waals surface area contributed by atoms with Crippen molar-refractivity contribution >= 4 is 28.4 Å². The summed E-state index contributed by atoms with van der Waals surface area (Å²) >= 11 is 1.20. The highest BCUT2D eigenvalue weighted by molar-refractivity contribution is 8.00. The maximum atomic E-state index is 13.0. The molecule has 2 aromatic heterocycles. The molecule has 0 aliphatic rings. The fourth-order valence-corrected chi connectivity index (χ4v) is 3.42. The number of fused-ring (bicyclic) bond motifs is 1. The third kappa shape index (κ3) is 3.13. The SMILES string of the molecule is CC(Sc1nnc(-c2ccc(F)cc2)o1)C(=O)c1c[nH]c2ccccc12. The molecule has 1 unspecified atom stereocenters. The fourth-order valence-electron chi connectivity index (χ4n) is 2.67. The highest BCUT2D eigenvalue weighted by Crippen LogP contribution is 2.29. The first-order valence-corrected chi connectivity index (χ1v) is 8.86. The second-order valence-corrected chi connectivity index (χ2v) is 7.04. The van der Waals surface area contributed by atoms with E-state index in [4.69, 9.17) is 4.42 Å². The Morgan fingerprint density at radius 1 is 1.15 bits per heavy atom. The van der Waals surface area contributed by atoms with Crippen LogP contribution in [0.3, 0.4) is 0 Å². The summed E-state index contributed by atoms with van der Waals surface area (Å²) in [6.07, 6.45) is 1.72. The van der Waals surface area contributed by atoms with Crippen LogP contribution in [0.4, 0.5) is 4.39 Å². The predicted octanol–water partition coefficient (Wildman–Crippen LogP) is 4.72. The van der Waals surface area contributed by atoms with Crippen molar-refractivity contribution < 1.29 is 13.6 Å². The maximum Gasteiger partial charge on any atom is 0.277 e. The van der Waals surface area contributed by atoms with Gasteiger partial charge in [-0.05, 0) is 37.3 Å². The molecule has 26 heavy (non-hydrogen) atoms. The number of nitrogens with zero attached hydrogens (tertiary/aromatic N) is 2. The molecule has 0 radical (unpaired) electrons. The number of aromatic amines is 1. The minimum absolute atomic E-state index is 0.0195. The molecule has 0 aliphatic heterocycles. The van der Waals surface area contributed by atoms with Crippen LogP contribution in [0.1, 0.15) is 17.3 Å². The summed E-state index contributed by atoms with van der Waals surface area (Å²) in [5, 5.41) is 8.73. The van der Waals surface area contributed by atoms with Gasteiger partial charge >= 0.3 is 0 Å². The highest BCUT2D eigenvalue weighted by atomic mass is 32.2. The van der Waals surface area contributed by atoms with Gasteiger partial charge in [-0.15, -0.1) is 10.2 Å². The van der Waals surface area contributed by atoms with Gasteiger partial charge in [0.15, 0.2) is 5.78 Å². The first-order valence-electron chi connectivity index (χ1n) is 7.98. The van der Waals surface area contributed by atoms with Crippen LogP contribution < -0.4 is 0 Å². The van der Waals surface area contributed by atoms with Crippen molar-refractivity contribution in [3.63, 3.8) is 0 Å². The first kappa shape index (κ1) is 16.5. The van der Waals surface area contributed by atoms with Crippen molar-refractivity contribution in [2.45, 2.75) is 17.4 Å². The lowest BCUT2D eigenvalue weighted by Crippen LogP contribution is -2.13. The smallest absolute Gasteiger partial charge is 0.277 e. The van der Waals surface area contributed by atoms with Crippen molar-refractivity contribution in [1.29, 1.82) is 0 Å². The van der Waals surface area contributed by atoms with Crippen LogP contribution in [0.2, 0.25) is 0 Å². The second-order valence-electron chi connectivity index (χ2n) is 5.75.